The minimum Gasteiger partial charge on any atom is -0.326 e. The Hall–Kier alpha value is -1.04. The van der Waals surface area contributed by atoms with Crippen LogP contribution in [0.4, 0.5) is 8.78 Å². The van der Waals surface area contributed by atoms with Crippen LogP contribution in [0.5, 0.6) is 0 Å². The highest BCUT2D eigenvalue weighted by Gasteiger charge is 2.35. The second kappa shape index (κ2) is 5.15. The van der Waals surface area contributed by atoms with Crippen molar-refractivity contribution in [3.8, 4) is 0 Å². The number of nitrogens with two attached hydrogens (primary N) is 1. The zero-order valence-electron chi connectivity index (χ0n) is 10.9. The van der Waals surface area contributed by atoms with Gasteiger partial charge in [0, 0.05) is 50.9 Å². The standard InChI is InChI=1S/C14H19F2N3/c15-11-5-10(6-12(16)8-11)7-13(17)14-9-18-1-3-19(14)4-2-18/h5-6,8,13-14H,1-4,7,9,17H2. The highest BCUT2D eigenvalue weighted by atomic mass is 19.1. The van der Waals surface area contributed by atoms with E-state index in [1.165, 1.54) is 12.1 Å². The molecule has 2 atom stereocenters. The number of hydrogen-bond donors (Lipinski definition) is 1. The smallest absolute Gasteiger partial charge is 0.126 e. The lowest BCUT2D eigenvalue weighted by Crippen LogP contribution is -2.66. The Morgan fingerprint density at radius 2 is 1.74 bits per heavy atom. The number of hydrogen-bond acceptors (Lipinski definition) is 3. The van der Waals surface area contributed by atoms with Gasteiger partial charge in [0.05, 0.1) is 0 Å². The van der Waals surface area contributed by atoms with Crippen LogP contribution in [0, 0.1) is 11.6 Å². The van der Waals surface area contributed by atoms with Crippen LogP contribution in [0.3, 0.4) is 0 Å². The Labute approximate surface area is 112 Å². The largest absolute Gasteiger partial charge is 0.326 e. The molecular weight excluding hydrogens is 248 g/mol. The highest BCUT2D eigenvalue weighted by Crippen LogP contribution is 2.20. The van der Waals surface area contributed by atoms with Crippen LogP contribution in [-0.2, 0) is 6.42 Å². The van der Waals surface area contributed by atoms with Crippen molar-refractivity contribution in [3.63, 3.8) is 0 Å². The van der Waals surface area contributed by atoms with Crippen LogP contribution in [0.2, 0.25) is 0 Å². The summed E-state index contributed by atoms with van der Waals surface area (Å²) in [6, 6.07) is 3.87. The molecule has 5 heteroatoms. The van der Waals surface area contributed by atoms with Crippen LogP contribution in [0.15, 0.2) is 18.2 Å². The predicted octanol–water partition coefficient (Wildman–Crippen LogP) is 0.834. The molecule has 0 aliphatic carbocycles. The van der Waals surface area contributed by atoms with E-state index in [0.29, 0.717) is 18.0 Å². The monoisotopic (exact) mass is 267 g/mol. The molecule has 4 rings (SSSR count). The highest BCUT2D eigenvalue weighted by molar-refractivity contribution is 5.19. The first-order valence-corrected chi connectivity index (χ1v) is 6.79. The summed E-state index contributed by atoms with van der Waals surface area (Å²) in [6.07, 6.45) is 0.518. The van der Waals surface area contributed by atoms with E-state index in [4.69, 9.17) is 5.73 Å². The van der Waals surface area contributed by atoms with E-state index in [0.717, 1.165) is 38.8 Å². The van der Waals surface area contributed by atoms with Crippen molar-refractivity contribution in [2.45, 2.75) is 18.5 Å². The summed E-state index contributed by atoms with van der Waals surface area (Å²) in [6.45, 7) is 5.29. The lowest BCUT2D eigenvalue weighted by molar-refractivity contribution is 0.00257. The average molecular weight is 267 g/mol. The lowest BCUT2D eigenvalue weighted by Gasteiger charge is -2.49. The minimum absolute atomic E-state index is 0.0794. The maximum atomic E-state index is 13.2. The van der Waals surface area contributed by atoms with Crippen molar-refractivity contribution in [3.05, 3.63) is 35.4 Å². The fourth-order valence-corrected chi connectivity index (χ4v) is 3.20. The van der Waals surface area contributed by atoms with Gasteiger partial charge in [0.15, 0.2) is 0 Å². The quantitative estimate of drug-likeness (QED) is 0.880. The van der Waals surface area contributed by atoms with Crippen molar-refractivity contribution in [2.24, 2.45) is 5.73 Å². The number of fused-ring (bicyclic) bond motifs is 3. The van der Waals surface area contributed by atoms with E-state index >= 15 is 0 Å². The van der Waals surface area contributed by atoms with Gasteiger partial charge in [-0.05, 0) is 24.1 Å². The van der Waals surface area contributed by atoms with Crippen molar-refractivity contribution < 1.29 is 8.78 Å². The van der Waals surface area contributed by atoms with Gasteiger partial charge in [0.2, 0.25) is 0 Å². The molecule has 3 saturated heterocycles. The first-order valence-electron chi connectivity index (χ1n) is 6.79. The summed E-state index contributed by atoms with van der Waals surface area (Å²) in [5, 5.41) is 0. The van der Waals surface area contributed by atoms with Gasteiger partial charge in [-0.15, -0.1) is 0 Å². The first kappa shape index (κ1) is 13.0. The van der Waals surface area contributed by atoms with E-state index in [9.17, 15) is 8.78 Å². The molecule has 3 aliphatic heterocycles. The van der Waals surface area contributed by atoms with Crippen LogP contribution in [-0.4, -0.2) is 54.6 Å². The Bertz CT molecular complexity index is 438. The third-order valence-electron chi connectivity index (χ3n) is 4.21. The molecule has 0 aromatic heterocycles. The topological polar surface area (TPSA) is 32.5 Å². The van der Waals surface area contributed by atoms with Gasteiger partial charge in [0.25, 0.3) is 0 Å². The average Bonchev–Trinajstić information content (AvgIpc) is 2.38. The molecule has 3 aliphatic rings. The van der Waals surface area contributed by atoms with E-state index in [-0.39, 0.29) is 6.04 Å². The Kier molecular flexibility index (Phi) is 3.52. The molecule has 3 nitrogen and oxygen atoms in total. The molecule has 0 radical (unpaired) electrons. The molecular formula is C14H19F2N3. The molecule has 0 amide bonds. The van der Waals surface area contributed by atoms with Crippen LogP contribution >= 0.6 is 0 Å². The molecule has 2 bridgehead atoms. The molecule has 2 unspecified atom stereocenters. The summed E-state index contributed by atoms with van der Waals surface area (Å²) in [5.41, 5.74) is 6.90. The van der Waals surface area contributed by atoms with Crippen LogP contribution in [0.25, 0.3) is 0 Å². The SMILES string of the molecule is NC(Cc1cc(F)cc(F)c1)C1CN2CCN1CC2. The number of benzene rings is 1. The first-order chi connectivity index (χ1) is 9.11. The number of nitrogens with zero attached hydrogens (tertiary/aromatic N) is 2. The molecule has 3 fully saturated rings. The van der Waals surface area contributed by atoms with E-state index in [1.807, 2.05) is 0 Å². The second-order valence-electron chi connectivity index (χ2n) is 5.55. The number of halogens is 2. The molecule has 3 heterocycles. The van der Waals surface area contributed by atoms with Crippen molar-refractivity contribution in [2.75, 3.05) is 32.7 Å². The van der Waals surface area contributed by atoms with Gasteiger partial charge < -0.3 is 5.73 Å². The Balaban J connectivity index is 1.69. The van der Waals surface area contributed by atoms with Crippen molar-refractivity contribution >= 4 is 0 Å². The van der Waals surface area contributed by atoms with Gasteiger partial charge in [-0.25, -0.2) is 8.78 Å². The minimum atomic E-state index is -0.531. The summed E-state index contributed by atoms with van der Waals surface area (Å²) in [4.78, 5) is 4.82. The summed E-state index contributed by atoms with van der Waals surface area (Å²) in [5.74, 6) is -1.06. The molecule has 0 saturated carbocycles. The van der Waals surface area contributed by atoms with Crippen LogP contribution in [0.1, 0.15) is 5.56 Å². The normalized spacial score (nSPS) is 31.4. The van der Waals surface area contributed by atoms with Gasteiger partial charge in [-0.1, -0.05) is 0 Å². The Morgan fingerprint density at radius 1 is 1.11 bits per heavy atom. The molecule has 104 valence electrons. The third kappa shape index (κ3) is 2.78. The second-order valence-corrected chi connectivity index (χ2v) is 5.55. The van der Waals surface area contributed by atoms with Crippen molar-refractivity contribution in [1.29, 1.82) is 0 Å². The summed E-state index contributed by atoms with van der Waals surface area (Å²) < 4.78 is 26.3. The third-order valence-corrected chi connectivity index (χ3v) is 4.21. The van der Waals surface area contributed by atoms with Gasteiger partial charge in [0.1, 0.15) is 11.6 Å². The maximum Gasteiger partial charge on any atom is 0.126 e. The Morgan fingerprint density at radius 3 is 2.26 bits per heavy atom. The van der Waals surface area contributed by atoms with Crippen LogP contribution < -0.4 is 5.73 Å². The van der Waals surface area contributed by atoms with E-state index in [2.05, 4.69) is 9.80 Å². The molecule has 19 heavy (non-hydrogen) atoms. The summed E-state index contributed by atoms with van der Waals surface area (Å²) in [7, 11) is 0. The molecule has 1 aromatic carbocycles. The zero-order valence-corrected chi connectivity index (χ0v) is 10.9. The molecule has 2 N–H and O–H groups in total. The predicted molar refractivity (Wildman–Crippen MR) is 69.8 cm³/mol. The van der Waals surface area contributed by atoms with E-state index in [1.54, 1.807) is 0 Å². The fraction of sp³-hybridized carbons (Fsp3) is 0.571. The number of piperazine rings is 3. The molecule has 1 aromatic rings. The fourth-order valence-electron chi connectivity index (χ4n) is 3.20. The summed E-state index contributed by atoms with van der Waals surface area (Å²) >= 11 is 0. The van der Waals surface area contributed by atoms with E-state index < -0.39 is 11.6 Å². The zero-order chi connectivity index (χ0) is 13.4. The maximum absolute atomic E-state index is 13.2. The van der Waals surface area contributed by atoms with Gasteiger partial charge in [-0.2, -0.15) is 0 Å². The lowest BCUT2D eigenvalue weighted by atomic mass is 9.95. The van der Waals surface area contributed by atoms with Gasteiger partial charge in [-0.3, -0.25) is 9.80 Å². The van der Waals surface area contributed by atoms with Crippen molar-refractivity contribution in [1.82, 2.24) is 9.80 Å². The van der Waals surface area contributed by atoms with Gasteiger partial charge >= 0.3 is 0 Å². The number of rotatable bonds is 3. The molecule has 0 spiro atoms.